The molecular weight excluding hydrogens is 292 g/mol. The number of carbonyl (C=O) groups excluding carboxylic acids is 2. The van der Waals surface area contributed by atoms with Crippen molar-refractivity contribution in [2.75, 3.05) is 31.1 Å². The zero-order valence-corrected chi connectivity index (χ0v) is 12.3. The molecule has 0 saturated carbocycles. The fourth-order valence-corrected chi connectivity index (χ4v) is 2.85. The second kappa shape index (κ2) is 6.01. The average molecular weight is 309 g/mol. The van der Waals surface area contributed by atoms with E-state index in [4.69, 9.17) is 11.6 Å². The summed E-state index contributed by atoms with van der Waals surface area (Å²) in [7, 11) is 0. The molecule has 6 nitrogen and oxygen atoms in total. The second-order valence-electron chi connectivity index (χ2n) is 5.20. The van der Waals surface area contributed by atoms with Crippen molar-refractivity contribution in [3.63, 3.8) is 0 Å². The van der Waals surface area contributed by atoms with Gasteiger partial charge >= 0.3 is 0 Å². The van der Waals surface area contributed by atoms with Crippen LogP contribution in [0.3, 0.4) is 0 Å². The van der Waals surface area contributed by atoms with Crippen LogP contribution in [-0.4, -0.2) is 48.9 Å². The van der Waals surface area contributed by atoms with Crippen molar-refractivity contribution < 1.29 is 9.59 Å². The lowest BCUT2D eigenvalue weighted by atomic mass is 10.1. The lowest BCUT2D eigenvalue weighted by Crippen LogP contribution is -2.56. The summed E-state index contributed by atoms with van der Waals surface area (Å²) in [6.07, 6.45) is 0.752. The zero-order valence-electron chi connectivity index (χ0n) is 11.5. The molecule has 3 rings (SSSR count). The van der Waals surface area contributed by atoms with Crippen LogP contribution in [0.5, 0.6) is 0 Å². The molecule has 1 unspecified atom stereocenters. The first kappa shape index (κ1) is 14.3. The molecule has 0 aromatic heterocycles. The van der Waals surface area contributed by atoms with Gasteiger partial charge in [0.25, 0.3) is 0 Å². The minimum Gasteiger partial charge on any atom is -0.330 e. The monoisotopic (exact) mass is 308 g/mol. The molecule has 0 bridgehead atoms. The molecule has 7 heteroatoms. The van der Waals surface area contributed by atoms with Gasteiger partial charge in [-0.3, -0.25) is 15.0 Å². The smallest absolute Gasteiger partial charge is 0.246 e. The minimum atomic E-state index is -0.226. The Labute approximate surface area is 128 Å². The lowest BCUT2D eigenvalue weighted by Gasteiger charge is -2.35. The number of halogens is 1. The Bertz CT molecular complexity index is 560. The van der Waals surface area contributed by atoms with Crippen molar-refractivity contribution in [3.8, 4) is 0 Å². The molecule has 21 heavy (non-hydrogen) atoms. The number of benzene rings is 1. The van der Waals surface area contributed by atoms with E-state index in [9.17, 15) is 9.59 Å². The van der Waals surface area contributed by atoms with Crippen LogP contribution >= 0.6 is 11.6 Å². The zero-order chi connectivity index (χ0) is 14.8. The molecule has 2 heterocycles. The molecule has 1 aromatic carbocycles. The molecule has 2 amide bonds. The number of piperazine rings is 1. The summed E-state index contributed by atoms with van der Waals surface area (Å²) in [5.74, 6) is -0.0954. The van der Waals surface area contributed by atoms with Crippen molar-refractivity contribution in [2.24, 2.45) is 0 Å². The van der Waals surface area contributed by atoms with E-state index in [0.717, 1.165) is 18.7 Å². The number of carbonyl (C=O) groups is 2. The maximum atomic E-state index is 12.3. The molecule has 0 aliphatic carbocycles. The molecular formula is C14H17ClN4O2. The van der Waals surface area contributed by atoms with Crippen LogP contribution in [0.4, 0.5) is 5.69 Å². The molecule has 1 atom stereocenters. The fourth-order valence-electron chi connectivity index (χ4n) is 2.67. The first-order valence-electron chi connectivity index (χ1n) is 6.98. The molecule has 0 radical (unpaired) electrons. The average Bonchev–Trinajstić information content (AvgIpc) is 3.00. The van der Waals surface area contributed by atoms with Crippen LogP contribution in [0.25, 0.3) is 0 Å². The highest BCUT2D eigenvalue weighted by Gasteiger charge is 2.32. The van der Waals surface area contributed by atoms with Gasteiger partial charge in [0.15, 0.2) is 0 Å². The summed E-state index contributed by atoms with van der Waals surface area (Å²) >= 11 is 5.96. The fraction of sp³-hybridized carbons (Fsp3) is 0.429. The summed E-state index contributed by atoms with van der Waals surface area (Å²) in [5.41, 5.74) is 6.65. The maximum absolute atomic E-state index is 12.3. The van der Waals surface area contributed by atoms with E-state index >= 15 is 0 Å². The van der Waals surface area contributed by atoms with Crippen molar-refractivity contribution in [1.82, 2.24) is 15.8 Å². The standard InChI is InChI=1S/C14H17ClN4O2/c15-10-2-1-3-11(8-10)19-7-6-18(9-13(19)20)14(21)12-4-5-16-17-12/h1-3,8,12,16-17H,4-7,9H2. The first-order chi connectivity index (χ1) is 10.1. The third-order valence-electron chi connectivity index (χ3n) is 3.78. The van der Waals surface area contributed by atoms with E-state index in [0.29, 0.717) is 18.1 Å². The Kier molecular flexibility index (Phi) is 4.10. The number of hydrogen-bond donors (Lipinski definition) is 2. The Morgan fingerprint density at radius 1 is 1.33 bits per heavy atom. The van der Waals surface area contributed by atoms with Crippen LogP contribution in [0.2, 0.25) is 5.02 Å². The first-order valence-corrected chi connectivity index (χ1v) is 7.36. The highest BCUT2D eigenvalue weighted by Crippen LogP contribution is 2.21. The van der Waals surface area contributed by atoms with E-state index in [2.05, 4.69) is 10.9 Å². The summed E-state index contributed by atoms with van der Waals surface area (Å²) < 4.78 is 0. The molecule has 2 aliphatic rings. The van der Waals surface area contributed by atoms with Gasteiger partial charge < -0.3 is 9.80 Å². The molecule has 1 aromatic rings. The van der Waals surface area contributed by atoms with Crippen LogP contribution in [0.1, 0.15) is 6.42 Å². The number of nitrogens with one attached hydrogen (secondary N) is 2. The number of rotatable bonds is 2. The van der Waals surface area contributed by atoms with Gasteiger partial charge in [0.2, 0.25) is 11.8 Å². The van der Waals surface area contributed by atoms with Crippen LogP contribution in [-0.2, 0) is 9.59 Å². The number of nitrogens with zero attached hydrogens (tertiary/aromatic N) is 2. The van der Waals surface area contributed by atoms with Crippen molar-refractivity contribution in [2.45, 2.75) is 12.5 Å². The third-order valence-corrected chi connectivity index (χ3v) is 4.02. The van der Waals surface area contributed by atoms with Crippen molar-refractivity contribution in [3.05, 3.63) is 29.3 Å². The quantitative estimate of drug-likeness (QED) is 0.829. The van der Waals surface area contributed by atoms with Crippen molar-refractivity contribution >= 4 is 29.1 Å². The van der Waals surface area contributed by atoms with E-state index < -0.39 is 0 Å². The Morgan fingerprint density at radius 2 is 2.19 bits per heavy atom. The van der Waals surface area contributed by atoms with Crippen LogP contribution in [0, 0.1) is 0 Å². The van der Waals surface area contributed by atoms with Gasteiger partial charge in [-0.1, -0.05) is 17.7 Å². The summed E-state index contributed by atoms with van der Waals surface area (Å²) in [5, 5.41) is 0.597. The Balaban J connectivity index is 1.66. The van der Waals surface area contributed by atoms with Gasteiger partial charge in [-0.05, 0) is 24.6 Å². The van der Waals surface area contributed by atoms with Gasteiger partial charge in [0, 0.05) is 30.3 Å². The molecule has 0 spiro atoms. The van der Waals surface area contributed by atoms with E-state index in [-0.39, 0.29) is 24.4 Å². The van der Waals surface area contributed by atoms with Crippen molar-refractivity contribution in [1.29, 1.82) is 0 Å². The van der Waals surface area contributed by atoms with E-state index in [1.807, 2.05) is 12.1 Å². The Morgan fingerprint density at radius 3 is 2.86 bits per heavy atom. The molecule has 2 saturated heterocycles. The summed E-state index contributed by atoms with van der Waals surface area (Å²) in [4.78, 5) is 27.9. The summed E-state index contributed by atoms with van der Waals surface area (Å²) in [6.45, 7) is 1.91. The third kappa shape index (κ3) is 3.02. The van der Waals surface area contributed by atoms with Gasteiger partial charge in [0.1, 0.15) is 12.6 Å². The van der Waals surface area contributed by atoms with E-state index in [1.165, 1.54) is 0 Å². The summed E-state index contributed by atoms with van der Waals surface area (Å²) in [6, 6.07) is 6.98. The number of hydrazine groups is 1. The van der Waals surface area contributed by atoms with Gasteiger partial charge in [-0.25, -0.2) is 5.43 Å². The molecule has 112 valence electrons. The van der Waals surface area contributed by atoms with Gasteiger partial charge in [-0.15, -0.1) is 0 Å². The van der Waals surface area contributed by atoms with Gasteiger partial charge in [0.05, 0.1) is 0 Å². The van der Waals surface area contributed by atoms with Crippen LogP contribution < -0.4 is 15.8 Å². The maximum Gasteiger partial charge on any atom is 0.246 e. The second-order valence-corrected chi connectivity index (χ2v) is 5.63. The number of amides is 2. The highest BCUT2D eigenvalue weighted by atomic mass is 35.5. The predicted molar refractivity (Wildman–Crippen MR) is 79.9 cm³/mol. The normalized spacial score (nSPS) is 22.7. The van der Waals surface area contributed by atoms with Crippen LogP contribution in [0.15, 0.2) is 24.3 Å². The number of hydrogen-bond acceptors (Lipinski definition) is 4. The number of anilines is 1. The Hall–Kier alpha value is -1.63. The topological polar surface area (TPSA) is 64.7 Å². The highest BCUT2D eigenvalue weighted by molar-refractivity contribution is 6.30. The molecule has 2 N–H and O–H groups in total. The predicted octanol–water partition coefficient (Wildman–Crippen LogP) is 0.382. The lowest BCUT2D eigenvalue weighted by molar-refractivity contribution is -0.138. The SMILES string of the molecule is O=C(C1CCNN1)N1CCN(c2cccc(Cl)c2)C(=O)C1. The molecule has 2 aliphatic heterocycles. The largest absolute Gasteiger partial charge is 0.330 e. The van der Waals surface area contributed by atoms with Gasteiger partial charge in [-0.2, -0.15) is 0 Å². The minimum absolute atomic E-state index is 0.0147. The van der Waals surface area contributed by atoms with E-state index in [1.54, 1.807) is 21.9 Å². The molecule has 2 fully saturated rings.